The van der Waals surface area contributed by atoms with Crippen LogP contribution in [-0.2, 0) is 9.59 Å². The van der Waals surface area contributed by atoms with Crippen LogP contribution in [0.25, 0.3) is 0 Å². The lowest BCUT2D eigenvalue weighted by Crippen LogP contribution is -2.24. The highest BCUT2D eigenvalue weighted by molar-refractivity contribution is 8.00. The molecule has 0 aliphatic carbocycles. The highest BCUT2D eigenvalue weighted by Crippen LogP contribution is 2.34. The summed E-state index contributed by atoms with van der Waals surface area (Å²) in [7, 11) is 1.71. The van der Waals surface area contributed by atoms with Gasteiger partial charge in [0.15, 0.2) is 0 Å². The van der Waals surface area contributed by atoms with E-state index in [4.69, 9.17) is 0 Å². The van der Waals surface area contributed by atoms with Gasteiger partial charge in [-0.05, 0) is 18.2 Å². The highest BCUT2D eigenvalue weighted by Gasteiger charge is 2.16. The summed E-state index contributed by atoms with van der Waals surface area (Å²) in [5.74, 6) is 0.421. The van der Waals surface area contributed by atoms with Gasteiger partial charge in [-0.2, -0.15) is 0 Å². The maximum absolute atomic E-state index is 11.2. The molecule has 2 amide bonds. The van der Waals surface area contributed by atoms with E-state index in [1.807, 2.05) is 18.2 Å². The molecule has 4 nitrogen and oxygen atoms in total. The summed E-state index contributed by atoms with van der Waals surface area (Å²) in [6.45, 7) is 1.51. The smallest absolute Gasteiger partial charge is 0.234 e. The van der Waals surface area contributed by atoms with Gasteiger partial charge < -0.3 is 10.2 Å². The number of fused-ring (bicyclic) bond motifs is 1. The van der Waals surface area contributed by atoms with Crippen LogP contribution in [0.5, 0.6) is 0 Å². The lowest BCUT2D eigenvalue weighted by atomic mass is 10.2. The van der Waals surface area contributed by atoms with E-state index >= 15 is 0 Å². The molecule has 1 aliphatic heterocycles. The average molecular weight is 236 g/mol. The minimum absolute atomic E-state index is 0.000119. The van der Waals surface area contributed by atoms with Crippen LogP contribution in [-0.4, -0.2) is 24.6 Å². The Labute approximate surface area is 98.0 Å². The van der Waals surface area contributed by atoms with Gasteiger partial charge in [-0.15, -0.1) is 11.8 Å². The maximum Gasteiger partial charge on any atom is 0.234 e. The third-order valence-electron chi connectivity index (χ3n) is 2.46. The first-order valence-corrected chi connectivity index (χ1v) is 5.87. The van der Waals surface area contributed by atoms with Crippen molar-refractivity contribution in [3.05, 3.63) is 18.2 Å². The summed E-state index contributed by atoms with van der Waals surface area (Å²) in [4.78, 5) is 25.0. The van der Waals surface area contributed by atoms with Crippen LogP contribution in [0, 0.1) is 0 Å². The number of benzene rings is 1. The normalized spacial score (nSPS) is 14.0. The molecule has 16 heavy (non-hydrogen) atoms. The molecule has 2 rings (SSSR count). The molecule has 5 heteroatoms. The van der Waals surface area contributed by atoms with Crippen molar-refractivity contribution in [3.8, 4) is 0 Å². The summed E-state index contributed by atoms with van der Waals surface area (Å²) in [5, 5.41) is 2.80. The predicted molar refractivity (Wildman–Crippen MR) is 64.9 cm³/mol. The van der Waals surface area contributed by atoms with E-state index in [0.717, 1.165) is 16.3 Å². The summed E-state index contributed by atoms with van der Waals surface area (Å²) in [6.07, 6.45) is 0. The van der Waals surface area contributed by atoms with Gasteiger partial charge in [-0.25, -0.2) is 0 Å². The van der Waals surface area contributed by atoms with E-state index in [9.17, 15) is 9.59 Å². The Bertz CT molecular complexity index is 459. The fourth-order valence-electron chi connectivity index (χ4n) is 1.46. The lowest BCUT2D eigenvalue weighted by molar-refractivity contribution is -0.116. The first kappa shape index (κ1) is 11.0. The molecule has 1 aromatic rings. The van der Waals surface area contributed by atoms with Crippen molar-refractivity contribution in [3.63, 3.8) is 0 Å². The number of thioether (sulfide) groups is 1. The van der Waals surface area contributed by atoms with Gasteiger partial charge in [-0.1, -0.05) is 0 Å². The first-order valence-electron chi connectivity index (χ1n) is 4.89. The largest absolute Gasteiger partial charge is 0.324 e. The molecule has 1 aromatic carbocycles. The summed E-state index contributed by atoms with van der Waals surface area (Å²) < 4.78 is 0. The van der Waals surface area contributed by atoms with Crippen molar-refractivity contribution >= 4 is 35.0 Å². The molecular formula is C11H12N2O2S. The Morgan fingerprint density at radius 3 is 2.94 bits per heavy atom. The third-order valence-corrected chi connectivity index (χ3v) is 3.53. The Hall–Kier alpha value is -1.49. The second-order valence-corrected chi connectivity index (χ2v) is 4.61. The summed E-state index contributed by atoms with van der Waals surface area (Å²) in [6, 6.07) is 5.62. The zero-order chi connectivity index (χ0) is 11.7. The molecule has 84 valence electrons. The molecule has 0 atom stereocenters. The van der Waals surface area contributed by atoms with E-state index in [1.165, 1.54) is 18.7 Å². The lowest BCUT2D eigenvalue weighted by Gasteiger charge is -2.20. The Morgan fingerprint density at radius 2 is 2.25 bits per heavy atom. The van der Waals surface area contributed by atoms with Crippen LogP contribution in [0.1, 0.15) is 6.92 Å². The predicted octanol–water partition coefficient (Wildman–Crippen LogP) is 1.71. The topological polar surface area (TPSA) is 49.4 Å². The highest BCUT2D eigenvalue weighted by atomic mass is 32.2. The van der Waals surface area contributed by atoms with E-state index in [2.05, 4.69) is 5.32 Å². The van der Waals surface area contributed by atoms with Gasteiger partial charge in [0, 0.05) is 24.6 Å². The van der Waals surface area contributed by atoms with Crippen LogP contribution >= 0.6 is 11.8 Å². The van der Waals surface area contributed by atoms with Crippen molar-refractivity contribution in [1.29, 1.82) is 0 Å². The minimum atomic E-state index is -0.0326. The van der Waals surface area contributed by atoms with Gasteiger partial charge in [-0.3, -0.25) is 9.59 Å². The standard InChI is InChI=1S/C11H12N2O2S/c1-7(14)13(2)8-3-4-10-9(5-8)12-11(15)6-16-10/h3-5H,6H2,1-2H3,(H,12,15). The summed E-state index contributed by atoms with van der Waals surface area (Å²) in [5.41, 5.74) is 1.57. The number of carbonyl (C=O) groups excluding carboxylic acids is 2. The average Bonchev–Trinajstić information content (AvgIpc) is 2.26. The van der Waals surface area contributed by atoms with E-state index in [0.29, 0.717) is 5.75 Å². The number of anilines is 2. The number of rotatable bonds is 1. The second kappa shape index (κ2) is 4.17. The molecule has 0 radical (unpaired) electrons. The molecule has 1 N–H and O–H groups in total. The van der Waals surface area contributed by atoms with Crippen molar-refractivity contribution in [1.82, 2.24) is 0 Å². The Morgan fingerprint density at radius 1 is 1.50 bits per heavy atom. The van der Waals surface area contributed by atoms with Crippen molar-refractivity contribution < 1.29 is 9.59 Å². The quantitative estimate of drug-likeness (QED) is 0.807. The fraction of sp³-hybridized carbons (Fsp3) is 0.273. The van der Waals surface area contributed by atoms with Gasteiger partial charge in [0.05, 0.1) is 11.4 Å². The number of nitrogens with one attached hydrogen (secondary N) is 1. The Kier molecular flexibility index (Phi) is 2.87. The number of nitrogens with zero attached hydrogens (tertiary/aromatic N) is 1. The summed E-state index contributed by atoms with van der Waals surface area (Å²) >= 11 is 1.51. The molecule has 0 saturated carbocycles. The number of amides is 2. The van der Waals surface area contributed by atoms with Crippen LogP contribution in [0.3, 0.4) is 0 Å². The molecule has 0 unspecified atom stereocenters. The number of carbonyl (C=O) groups is 2. The van der Waals surface area contributed by atoms with E-state index < -0.39 is 0 Å². The van der Waals surface area contributed by atoms with Crippen LogP contribution in [0.4, 0.5) is 11.4 Å². The SMILES string of the molecule is CC(=O)N(C)c1ccc2c(c1)NC(=O)CS2. The molecule has 1 heterocycles. The van der Waals surface area contributed by atoms with Crippen molar-refractivity contribution in [2.24, 2.45) is 0 Å². The maximum atomic E-state index is 11.2. The van der Waals surface area contributed by atoms with E-state index in [-0.39, 0.29) is 11.8 Å². The van der Waals surface area contributed by atoms with Gasteiger partial charge in [0.2, 0.25) is 11.8 Å². The third kappa shape index (κ3) is 2.04. The fourth-order valence-corrected chi connectivity index (χ4v) is 2.25. The molecule has 0 bridgehead atoms. The molecule has 0 saturated heterocycles. The van der Waals surface area contributed by atoms with Gasteiger partial charge in [0.25, 0.3) is 0 Å². The van der Waals surface area contributed by atoms with Crippen LogP contribution in [0.15, 0.2) is 23.1 Å². The zero-order valence-electron chi connectivity index (χ0n) is 9.11. The molecule has 1 aliphatic rings. The first-order chi connectivity index (χ1) is 7.58. The zero-order valence-corrected chi connectivity index (χ0v) is 9.93. The Balaban J connectivity index is 2.34. The second-order valence-electron chi connectivity index (χ2n) is 3.60. The molecular weight excluding hydrogens is 224 g/mol. The molecule has 0 spiro atoms. The van der Waals surface area contributed by atoms with Crippen LogP contribution < -0.4 is 10.2 Å². The van der Waals surface area contributed by atoms with E-state index in [1.54, 1.807) is 11.9 Å². The van der Waals surface area contributed by atoms with Crippen molar-refractivity contribution in [2.75, 3.05) is 23.0 Å². The van der Waals surface area contributed by atoms with Crippen molar-refractivity contribution in [2.45, 2.75) is 11.8 Å². The minimum Gasteiger partial charge on any atom is -0.324 e. The molecule has 0 fully saturated rings. The van der Waals surface area contributed by atoms with Gasteiger partial charge >= 0.3 is 0 Å². The number of hydrogen-bond donors (Lipinski definition) is 1. The van der Waals surface area contributed by atoms with Gasteiger partial charge in [0.1, 0.15) is 0 Å². The monoisotopic (exact) mass is 236 g/mol. The molecule has 0 aromatic heterocycles. The van der Waals surface area contributed by atoms with Crippen LogP contribution in [0.2, 0.25) is 0 Å². The number of hydrogen-bond acceptors (Lipinski definition) is 3.